The highest BCUT2D eigenvalue weighted by Gasteiger charge is 2.11. The Morgan fingerprint density at radius 2 is 2.09 bits per heavy atom. The molecular formula is C17H20N2O3. The summed E-state index contributed by atoms with van der Waals surface area (Å²) < 4.78 is 12.3. The largest absolute Gasteiger partial charge is 0.497 e. The van der Waals surface area contributed by atoms with E-state index in [1.165, 1.54) is 13.2 Å². The summed E-state index contributed by atoms with van der Waals surface area (Å²) in [6.07, 6.45) is 5.06. The Kier molecular flexibility index (Phi) is 4.99. The number of rotatable bonds is 6. The Labute approximate surface area is 130 Å². The second-order valence-electron chi connectivity index (χ2n) is 4.76. The number of hydrogen-bond acceptors (Lipinski definition) is 4. The first kappa shape index (κ1) is 15.8. The maximum absolute atomic E-state index is 12.4. The van der Waals surface area contributed by atoms with E-state index in [-0.39, 0.29) is 5.78 Å². The van der Waals surface area contributed by atoms with Gasteiger partial charge >= 0.3 is 0 Å². The lowest BCUT2D eigenvalue weighted by Gasteiger charge is -2.07. The van der Waals surface area contributed by atoms with Crippen LogP contribution in [0.15, 0.2) is 30.5 Å². The van der Waals surface area contributed by atoms with E-state index in [9.17, 15) is 4.79 Å². The van der Waals surface area contributed by atoms with E-state index in [0.29, 0.717) is 17.1 Å². The fourth-order valence-electron chi connectivity index (χ4n) is 2.21. The van der Waals surface area contributed by atoms with Gasteiger partial charge < -0.3 is 9.47 Å². The summed E-state index contributed by atoms with van der Waals surface area (Å²) in [4.78, 5) is 12.4. The van der Waals surface area contributed by atoms with E-state index in [2.05, 4.69) is 5.10 Å². The first-order valence-corrected chi connectivity index (χ1v) is 7.07. The van der Waals surface area contributed by atoms with Gasteiger partial charge in [-0.25, -0.2) is 0 Å². The zero-order valence-corrected chi connectivity index (χ0v) is 13.3. The molecule has 1 aromatic carbocycles. The Balaban J connectivity index is 2.28. The number of ether oxygens (including phenoxy) is 2. The summed E-state index contributed by atoms with van der Waals surface area (Å²) in [6.45, 7) is 4.81. The van der Waals surface area contributed by atoms with Gasteiger partial charge in [0.05, 0.1) is 26.0 Å². The highest BCUT2D eigenvalue weighted by Crippen LogP contribution is 2.25. The molecule has 0 atom stereocenters. The Morgan fingerprint density at radius 1 is 1.32 bits per heavy atom. The van der Waals surface area contributed by atoms with Crippen molar-refractivity contribution < 1.29 is 14.3 Å². The van der Waals surface area contributed by atoms with Crippen molar-refractivity contribution in [2.45, 2.75) is 20.4 Å². The van der Waals surface area contributed by atoms with Gasteiger partial charge in [-0.2, -0.15) is 5.10 Å². The number of aromatic nitrogens is 2. The summed E-state index contributed by atoms with van der Waals surface area (Å²) in [7, 11) is 3.10. The van der Waals surface area contributed by atoms with Crippen LogP contribution in [0, 0.1) is 6.92 Å². The number of ketones is 1. The summed E-state index contributed by atoms with van der Waals surface area (Å²) in [6, 6.07) is 5.16. The van der Waals surface area contributed by atoms with E-state index in [4.69, 9.17) is 9.47 Å². The highest BCUT2D eigenvalue weighted by molar-refractivity contribution is 6.08. The van der Waals surface area contributed by atoms with Crippen molar-refractivity contribution >= 4 is 11.9 Å². The summed E-state index contributed by atoms with van der Waals surface area (Å²) in [5.74, 6) is 1.00. The summed E-state index contributed by atoms with van der Waals surface area (Å²) in [5, 5.41) is 4.26. The van der Waals surface area contributed by atoms with Crippen molar-refractivity contribution in [3.05, 3.63) is 47.3 Å². The van der Waals surface area contributed by atoms with Crippen LogP contribution in [0.5, 0.6) is 11.5 Å². The van der Waals surface area contributed by atoms with E-state index < -0.39 is 0 Å². The van der Waals surface area contributed by atoms with Gasteiger partial charge in [-0.3, -0.25) is 9.48 Å². The van der Waals surface area contributed by atoms with Crippen molar-refractivity contribution in [2.24, 2.45) is 0 Å². The van der Waals surface area contributed by atoms with Crippen LogP contribution >= 0.6 is 0 Å². The van der Waals surface area contributed by atoms with Gasteiger partial charge in [-0.1, -0.05) is 0 Å². The molecule has 0 N–H and O–H groups in total. The van der Waals surface area contributed by atoms with Crippen LogP contribution in [0.4, 0.5) is 0 Å². The summed E-state index contributed by atoms with van der Waals surface area (Å²) in [5.41, 5.74) is 2.43. The van der Waals surface area contributed by atoms with Crippen LogP contribution in [0.3, 0.4) is 0 Å². The van der Waals surface area contributed by atoms with Crippen molar-refractivity contribution in [2.75, 3.05) is 14.2 Å². The molecule has 0 amide bonds. The van der Waals surface area contributed by atoms with E-state index in [0.717, 1.165) is 17.8 Å². The van der Waals surface area contributed by atoms with Crippen LogP contribution in [-0.4, -0.2) is 29.8 Å². The van der Waals surface area contributed by atoms with Crippen molar-refractivity contribution in [1.82, 2.24) is 9.78 Å². The number of allylic oxidation sites excluding steroid dienone is 1. The highest BCUT2D eigenvalue weighted by atomic mass is 16.5. The van der Waals surface area contributed by atoms with Gasteiger partial charge in [0.1, 0.15) is 11.5 Å². The van der Waals surface area contributed by atoms with Crippen LogP contribution in [0.2, 0.25) is 0 Å². The standard InChI is InChI=1S/C17H20N2O3/c1-5-19-12(2)13(11-18-19)6-8-16(20)15-10-14(21-3)7-9-17(15)22-4/h6-11H,5H2,1-4H3/b8-6+. The molecule has 2 aromatic rings. The maximum atomic E-state index is 12.4. The molecule has 22 heavy (non-hydrogen) atoms. The molecule has 0 aliphatic rings. The van der Waals surface area contributed by atoms with Gasteiger partial charge in [0.25, 0.3) is 0 Å². The smallest absolute Gasteiger partial charge is 0.189 e. The first-order chi connectivity index (χ1) is 10.6. The zero-order chi connectivity index (χ0) is 16.1. The Hall–Kier alpha value is -2.56. The van der Waals surface area contributed by atoms with E-state index in [1.807, 2.05) is 18.5 Å². The van der Waals surface area contributed by atoms with Crippen LogP contribution in [0.1, 0.15) is 28.5 Å². The third kappa shape index (κ3) is 3.19. The summed E-state index contributed by atoms with van der Waals surface area (Å²) >= 11 is 0. The Morgan fingerprint density at radius 3 is 2.68 bits per heavy atom. The third-order valence-corrected chi connectivity index (χ3v) is 3.53. The molecule has 5 heteroatoms. The minimum atomic E-state index is -0.139. The van der Waals surface area contributed by atoms with Gasteiger partial charge in [-0.05, 0) is 44.2 Å². The number of nitrogens with zero attached hydrogens (tertiary/aromatic N) is 2. The monoisotopic (exact) mass is 300 g/mol. The second-order valence-corrected chi connectivity index (χ2v) is 4.76. The Bertz CT molecular complexity index is 702. The normalized spacial score (nSPS) is 10.9. The number of methoxy groups -OCH3 is 2. The lowest BCUT2D eigenvalue weighted by Crippen LogP contribution is -2.00. The van der Waals surface area contributed by atoms with Gasteiger partial charge in [0.2, 0.25) is 0 Å². The van der Waals surface area contributed by atoms with Crippen molar-refractivity contribution in [3.8, 4) is 11.5 Å². The van der Waals surface area contributed by atoms with E-state index >= 15 is 0 Å². The zero-order valence-electron chi connectivity index (χ0n) is 13.3. The van der Waals surface area contributed by atoms with Crippen molar-refractivity contribution in [3.63, 3.8) is 0 Å². The van der Waals surface area contributed by atoms with Crippen LogP contribution < -0.4 is 9.47 Å². The molecule has 0 spiro atoms. The van der Waals surface area contributed by atoms with Crippen molar-refractivity contribution in [1.29, 1.82) is 0 Å². The predicted molar refractivity (Wildman–Crippen MR) is 85.5 cm³/mol. The molecule has 5 nitrogen and oxygen atoms in total. The van der Waals surface area contributed by atoms with Gasteiger partial charge in [0, 0.05) is 17.8 Å². The lowest BCUT2D eigenvalue weighted by molar-refractivity contribution is 0.104. The molecular weight excluding hydrogens is 280 g/mol. The maximum Gasteiger partial charge on any atom is 0.189 e. The molecule has 2 rings (SSSR count). The fourth-order valence-corrected chi connectivity index (χ4v) is 2.21. The number of carbonyl (C=O) groups is 1. The molecule has 0 aliphatic carbocycles. The molecule has 1 heterocycles. The third-order valence-electron chi connectivity index (χ3n) is 3.53. The first-order valence-electron chi connectivity index (χ1n) is 7.07. The molecule has 0 unspecified atom stereocenters. The molecule has 0 saturated carbocycles. The number of aryl methyl sites for hydroxylation is 1. The predicted octanol–water partition coefficient (Wildman–Crippen LogP) is 3.12. The molecule has 0 fully saturated rings. The van der Waals surface area contributed by atoms with Gasteiger partial charge in [0.15, 0.2) is 5.78 Å². The molecule has 116 valence electrons. The molecule has 0 aliphatic heterocycles. The number of carbonyl (C=O) groups excluding carboxylic acids is 1. The van der Waals surface area contributed by atoms with Crippen LogP contribution in [-0.2, 0) is 6.54 Å². The fraction of sp³-hybridized carbons (Fsp3) is 0.294. The molecule has 0 bridgehead atoms. The second kappa shape index (κ2) is 6.93. The van der Waals surface area contributed by atoms with Crippen LogP contribution in [0.25, 0.3) is 6.08 Å². The SMILES string of the molecule is CCn1ncc(/C=C/C(=O)c2cc(OC)ccc2OC)c1C. The average Bonchev–Trinajstić information content (AvgIpc) is 2.91. The topological polar surface area (TPSA) is 53.4 Å². The molecule has 1 aromatic heterocycles. The van der Waals surface area contributed by atoms with E-state index in [1.54, 1.807) is 37.6 Å². The molecule has 0 saturated heterocycles. The lowest BCUT2D eigenvalue weighted by atomic mass is 10.1. The quantitative estimate of drug-likeness (QED) is 0.607. The minimum absolute atomic E-state index is 0.139. The number of hydrogen-bond donors (Lipinski definition) is 0. The average molecular weight is 300 g/mol. The number of benzene rings is 1. The minimum Gasteiger partial charge on any atom is -0.497 e. The van der Waals surface area contributed by atoms with Gasteiger partial charge in [-0.15, -0.1) is 0 Å². The molecule has 0 radical (unpaired) electrons.